The van der Waals surface area contributed by atoms with Crippen molar-refractivity contribution in [2.24, 2.45) is 23.7 Å². The van der Waals surface area contributed by atoms with Crippen molar-refractivity contribution in [3.05, 3.63) is 150 Å². The van der Waals surface area contributed by atoms with Crippen LogP contribution in [0.1, 0.15) is 41.0 Å². The normalized spacial score (nSPS) is 27.1. The van der Waals surface area contributed by atoms with E-state index in [1.165, 1.54) is 24.2 Å². The van der Waals surface area contributed by atoms with E-state index in [0.29, 0.717) is 40.1 Å². The van der Waals surface area contributed by atoms with Gasteiger partial charge in [0.25, 0.3) is 0 Å². The van der Waals surface area contributed by atoms with Gasteiger partial charge in [-0.05, 0) is 59.7 Å². The molecule has 1 heterocycles. The number of methoxy groups -OCH3 is 1. The van der Waals surface area contributed by atoms with Gasteiger partial charge in [-0.2, -0.15) is 0 Å². The number of carbonyl (C=O) groups excluding carboxylic acids is 4. The molecule has 248 valence electrons. The van der Waals surface area contributed by atoms with Gasteiger partial charge in [-0.15, -0.1) is 0 Å². The van der Waals surface area contributed by atoms with Crippen LogP contribution < -0.4 is 9.64 Å². The number of hydrogen-bond donors (Lipinski definition) is 1. The number of ether oxygens (including phenoxy) is 1. The lowest BCUT2D eigenvalue weighted by molar-refractivity contribution is -0.135. The van der Waals surface area contributed by atoms with Crippen LogP contribution in [0.2, 0.25) is 0 Å². The first-order valence-electron chi connectivity index (χ1n) is 16.9. The topological polar surface area (TPSA) is 101 Å². The monoisotopic (exact) mass is 661 g/mol. The van der Waals surface area contributed by atoms with Gasteiger partial charge in [0.15, 0.2) is 11.6 Å². The maximum absolute atomic E-state index is 15.1. The molecule has 2 amide bonds. The largest absolute Gasteiger partial charge is 0.508 e. The molecule has 1 saturated carbocycles. The molecular formula is C43H35NO6. The van der Waals surface area contributed by atoms with Gasteiger partial charge in [-0.3, -0.25) is 24.1 Å². The summed E-state index contributed by atoms with van der Waals surface area (Å²) in [7, 11) is 1.51. The molecule has 0 spiro atoms. The lowest BCUT2D eigenvalue weighted by atomic mass is 9.44. The predicted molar refractivity (Wildman–Crippen MR) is 190 cm³/mol. The van der Waals surface area contributed by atoms with Crippen LogP contribution in [-0.2, 0) is 24.6 Å². The summed E-state index contributed by atoms with van der Waals surface area (Å²) in [5.41, 5.74) is 2.79. The van der Waals surface area contributed by atoms with Crippen LogP contribution in [0.4, 0.5) is 5.69 Å². The number of imide groups is 1. The van der Waals surface area contributed by atoms with Gasteiger partial charge < -0.3 is 9.84 Å². The van der Waals surface area contributed by atoms with Crippen molar-refractivity contribution in [2.45, 2.75) is 24.2 Å². The number of ketones is 2. The lowest BCUT2D eigenvalue weighted by Gasteiger charge is -2.55. The Kier molecular flexibility index (Phi) is 7.52. The van der Waals surface area contributed by atoms with Gasteiger partial charge in [0.2, 0.25) is 11.8 Å². The standard InChI is InChI=1S/C43H35NO6/c1-3-25-14-16-28(17-15-25)44-41(48)32-21-20-30-34(38(32)42(44)49)23-35-40(47)33(26-10-6-4-7-11-26)24-37(46)43(35,27-12-8-5-9-13-27)39(30)31-19-18-29(50-2)22-36(31)45/h3-20,22,24,32,34-35,38-39,45H,1,21,23H2,2H3. The van der Waals surface area contributed by atoms with Crippen molar-refractivity contribution in [1.82, 2.24) is 0 Å². The first-order valence-corrected chi connectivity index (χ1v) is 16.9. The van der Waals surface area contributed by atoms with E-state index in [9.17, 15) is 14.7 Å². The number of rotatable bonds is 6. The van der Waals surface area contributed by atoms with Gasteiger partial charge in [0.1, 0.15) is 11.5 Å². The fourth-order valence-electron chi connectivity index (χ4n) is 9.13. The van der Waals surface area contributed by atoms with Crippen molar-refractivity contribution < 1.29 is 29.0 Å². The number of aromatic hydroxyl groups is 1. The van der Waals surface area contributed by atoms with E-state index >= 15 is 9.59 Å². The molecule has 3 aliphatic carbocycles. The van der Waals surface area contributed by atoms with Crippen molar-refractivity contribution >= 4 is 40.7 Å². The molecule has 1 saturated heterocycles. The highest BCUT2D eigenvalue weighted by atomic mass is 16.5. The zero-order chi connectivity index (χ0) is 34.7. The molecule has 6 unspecified atom stereocenters. The molecule has 1 N–H and O–H groups in total. The highest BCUT2D eigenvalue weighted by Gasteiger charge is 2.66. The van der Waals surface area contributed by atoms with Gasteiger partial charge in [0.05, 0.1) is 30.0 Å². The number of anilines is 1. The van der Waals surface area contributed by atoms with E-state index in [-0.39, 0.29) is 35.6 Å². The number of hydrogen-bond acceptors (Lipinski definition) is 6. The number of nitrogens with zero attached hydrogens (tertiary/aromatic N) is 1. The second-order valence-corrected chi connectivity index (χ2v) is 13.5. The fraction of sp³-hybridized carbons (Fsp3) is 0.209. The summed E-state index contributed by atoms with van der Waals surface area (Å²) in [6, 6.07) is 30.6. The second kappa shape index (κ2) is 11.9. The third kappa shape index (κ3) is 4.49. The summed E-state index contributed by atoms with van der Waals surface area (Å²) in [4.78, 5) is 60.0. The third-order valence-corrected chi connectivity index (χ3v) is 11.3. The zero-order valence-electron chi connectivity index (χ0n) is 27.5. The molecule has 0 bridgehead atoms. The van der Waals surface area contributed by atoms with Crippen LogP contribution in [-0.4, -0.2) is 35.6 Å². The molecule has 0 radical (unpaired) electrons. The smallest absolute Gasteiger partial charge is 0.238 e. The molecule has 7 nitrogen and oxygen atoms in total. The average Bonchev–Trinajstić information content (AvgIpc) is 3.41. The van der Waals surface area contributed by atoms with Crippen molar-refractivity contribution in [3.63, 3.8) is 0 Å². The third-order valence-electron chi connectivity index (χ3n) is 11.3. The number of phenols is 1. The SMILES string of the molecule is C=Cc1ccc(N2C(=O)C3CC=C4C(CC5C(=O)C(c6ccccc6)=CC(=O)C5(c5ccccc5)C4c4ccc(OC)cc4O)C3C2=O)cc1. The molecular weight excluding hydrogens is 626 g/mol. The van der Waals surface area contributed by atoms with Crippen LogP contribution in [0.25, 0.3) is 11.6 Å². The molecule has 2 fully saturated rings. The minimum Gasteiger partial charge on any atom is -0.508 e. The highest BCUT2D eigenvalue weighted by Crippen LogP contribution is 2.64. The van der Waals surface area contributed by atoms with E-state index in [4.69, 9.17) is 4.74 Å². The Morgan fingerprint density at radius 3 is 2.22 bits per heavy atom. The number of amides is 2. The molecule has 1 aliphatic heterocycles. The summed E-state index contributed by atoms with van der Waals surface area (Å²) >= 11 is 0. The second-order valence-electron chi connectivity index (χ2n) is 13.5. The number of allylic oxidation sites excluding steroid dienone is 4. The van der Waals surface area contributed by atoms with E-state index in [1.54, 1.807) is 30.3 Å². The molecule has 4 aliphatic rings. The summed E-state index contributed by atoms with van der Waals surface area (Å²) in [6.07, 6.45) is 5.64. The summed E-state index contributed by atoms with van der Waals surface area (Å²) in [5.74, 6) is -4.29. The molecule has 7 heteroatoms. The van der Waals surface area contributed by atoms with E-state index < -0.39 is 35.0 Å². The number of benzene rings is 4. The maximum atomic E-state index is 15.1. The van der Waals surface area contributed by atoms with Crippen LogP contribution in [0, 0.1) is 23.7 Å². The minimum atomic E-state index is -1.43. The van der Waals surface area contributed by atoms with E-state index in [2.05, 4.69) is 6.58 Å². The molecule has 8 rings (SSSR count). The summed E-state index contributed by atoms with van der Waals surface area (Å²) in [6.45, 7) is 3.80. The fourth-order valence-corrected chi connectivity index (χ4v) is 9.13. The average molecular weight is 662 g/mol. The molecule has 0 aromatic heterocycles. The van der Waals surface area contributed by atoms with Crippen molar-refractivity contribution in [1.29, 1.82) is 0 Å². The Morgan fingerprint density at radius 2 is 1.56 bits per heavy atom. The Hall–Kier alpha value is -5.82. The Balaban J connectivity index is 1.35. The first kappa shape index (κ1) is 31.4. The van der Waals surface area contributed by atoms with Gasteiger partial charge in [0, 0.05) is 29.0 Å². The zero-order valence-corrected chi connectivity index (χ0v) is 27.5. The molecule has 6 atom stereocenters. The van der Waals surface area contributed by atoms with Crippen LogP contribution in [0.5, 0.6) is 11.5 Å². The lowest BCUT2D eigenvalue weighted by Crippen LogP contribution is -2.58. The number of carbonyl (C=O) groups is 4. The van der Waals surface area contributed by atoms with Crippen LogP contribution >= 0.6 is 0 Å². The van der Waals surface area contributed by atoms with E-state index in [1.807, 2.05) is 78.9 Å². The van der Waals surface area contributed by atoms with Gasteiger partial charge in [-0.1, -0.05) is 103 Å². The van der Waals surface area contributed by atoms with Crippen LogP contribution in [0.15, 0.2) is 127 Å². The summed E-state index contributed by atoms with van der Waals surface area (Å²) in [5, 5.41) is 11.7. The van der Waals surface area contributed by atoms with Crippen molar-refractivity contribution in [2.75, 3.05) is 12.0 Å². The van der Waals surface area contributed by atoms with Crippen LogP contribution in [0.3, 0.4) is 0 Å². The number of phenolic OH excluding ortho intramolecular Hbond substituents is 1. The Morgan fingerprint density at radius 1 is 0.860 bits per heavy atom. The molecule has 4 aromatic rings. The minimum absolute atomic E-state index is 0.0806. The predicted octanol–water partition coefficient (Wildman–Crippen LogP) is 7.07. The van der Waals surface area contributed by atoms with Gasteiger partial charge in [-0.25, -0.2) is 0 Å². The molecule has 4 aromatic carbocycles. The first-order chi connectivity index (χ1) is 24.3. The Bertz CT molecular complexity index is 2130. The number of fused-ring (bicyclic) bond motifs is 4. The quantitative estimate of drug-likeness (QED) is 0.175. The highest BCUT2D eigenvalue weighted by molar-refractivity contribution is 6.32. The Labute approximate surface area is 290 Å². The number of Topliss-reactive ketones (excluding diaryl/α,β-unsaturated/α-hetero) is 1. The van der Waals surface area contributed by atoms with Gasteiger partial charge >= 0.3 is 0 Å². The molecule has 50 heavy (non-hydrogen) atoms. The van der Waals surface area contributed by atoms with E-state index in [0.717, 1.165) is 11.1 Å². The summed E-state index contributed by atoms with van der Waals surface area (Å²) < 4.78 is 5.41. The maximum Gasteiger partial charge on any atom is 0.238 e. The van der Waals surface area contributed by atoms with Crippen molar-refractivity contribution in [3.8, 4) is 11.5 Å².